The molecule has 2 rings (SSSR count). The third kappa shape index (κ3) is 6.41. The number of carbonyl (C=O) groups excluding carboxylic acids is 2. The number of ether oxygens (including phenoxy) is 3. The quantitative estimate of drug-likeness (QED) is 0.648. The van der Waals surface area contributed by atoms with Crippen LogP contribution in [0.2, 0.25) is 0 Å². The fourth-order valence-corrected chi connectivity index (χ4v) is 3.29. The minimum Gasteiger partial charge on any atom is -0.497 e. The molecule has 0 radical (unpaired) electrons. The third-order valence-electron chi connectivity index (χ3n) is 4.75. The van der Waals surface area contributed by atoms with Gasteiger partial charge in [-0.25, -0.2) is 9.59 Å². The molecule has 2 aromatic rings. The summed E-state index contributed by atoms with van der Waals surface area (Å²) in [6, 6.07) is 7.61. The van der Waals surface area contributed by atoms with Gasteiger partial charge in [-0.15, -0.1) is 0 Å². The predicted octanol–water partition coefficient (Wildman–Crippen LogP) is 4.37. The zero-order valence-corrected chi connectivity index (χ0v) is 19.4. The van der Waals surface area contributed by atoms with Gasteiger partial charge in [0.1, 0.15) is 19.0 Å². The summed E-state index contributed by atoms with van der Waals surface area (Å²) in [5.41, 5.74) is 4.36. The lowest BCUT2D eigenvalue weighted by Crippen LogP contribution is -2.31. The van der Waals surface area contributed by atoms with Crippen LogP contribution in [0.15, 0.2) is 24.3 Å². The first-order valence-corrected chi connectivity index (χ1v) is 10.3. The van der Waals surface area contributed by atoms with Crippen molar-refractivity contribution in [2.45, 2.75) is 66.8 Å². The first-order chi connectivity index (χ1) is 14.6. The number of rotatable bonds is 8. The number of amides is 2. The number of nitrogens with one attached hydrogen (secondary N) is 2. The van der Waals surface area contributed by atoms with E-state index in [1.807, 2.05) is 65.8 Å². The summed E-state index contributed by atoms with van der Waals surface area (Å²) >= 11 is 0. The van der Waals surface area contributed by atoms with Crippen molar-refractivity contribution in [2.24, 2.45) is 0 Å². The molecule has 0 atom stereocenters. The highest BCUT2D eigenvalue weighted by Crippen LogP contribution is 2.28. The molecule has 1 aromatic carbocycles. The highest BCUT2D eigenvalue weighted by atomic mass is 16.6. The summed E-state index contributed by atoms with van der Waals surface area (Å²) in [6.07, 6.45) is -0.984. The number of nitrogens with zero attached hydrogens (tertiary/aromatic N) is 1. The monoisotopic (exact) mass is 431 g/mol. The molecule has 0 spiro atoms. The van der Waals surface area contributed by atoms with Gasteiger partial charge in [-0.3, -0.25) is 0 Å². The van der Waals surface area contributed by atoms with E-state index in [1.54, 1.807) is 7.11 Å². The number of hydrogen-bond donors (Lipinski definition) is 2. The highest BCUT2D eigenvalue weighted by Gasteiger charge is 2.21. The fraction of sp³-hybridized carbons (Fsp3) is 0.478. The summed E-state index contributed by atoms with van der Waals surface area (Å²) in [7, 11) is 1.62. The number of alkyl carbamates (subject to hydrolysis) is 2. The van der Waals surface area contributed by atoms with E-state index in [1.165, 1.54) is 0 Å². The van der Waals surface area contributed by atoms with E-state index in [9.17, 15) is 9.59 Å². The van der Waals surface area contributed by atoms with Crippen molar-refractivity contribution in [1.82, 2.24) is 15.2 Å². The molecule has 2 amide bonds. The van der Waals surface area contributed by atoms with Crippen molar-refractivity contribution in [3.8, 4) is 11.4 Å². The summed E-state index contributed by atoms with van der Waals surface area (Å²) in [5, 5.41) is 5.42. The third-order valence-corrected chi connectivity index (χ3v) is 4.75. The molecule has 8 heteroatoms. The van der Waals surface area contributed by atoms with Gasteiger partial charge in [-0.1, -0.05) is 0 Å². The summed E-state index contributed by atoms with van der Waals surface area (Å²) < 4.78 is 18.2. The van der Waals surface area contributed by atoms with E-state index < -0.39 is 12.2 Å². The molecule has 0 unspecified atom stereocenters. The number of aromatic nitrogens is 1. The Labute approximate surface area is 183 Å². The molecule has 1 heterocycles. The molecule has 0 aliphatic carbocycles. The van der Waals surface area contributed by atoms with E-state index in [0.29, 0.717) is 0 Å². The van der Waals surface area contributed by atoms with Crippen LogP contribution >= 0.6 is 0 Å². The van der Waals surface area contributed by atoms with Gasteiger partial charge in [0.05, 0.1) is 7.11 Å². The van der Waals surface area contributed by atoms with Gasteiger partial charge in [-0.05, 0) is 65.8 Å². The molecule has 170 valence electrons. The Morgan fingerprint density at radius 2 is 1.26 bits per heavy atom. The molecule has 8 nitrogen and oxygen atoms in total. The van der Waals surface area contributed by atoms with Gasteiger partial charge in [0.2, 0.25) is 0 Å². The van der Waals surface area contributed by atoms with Crippen molar-refractivity contribution in [2.75, 3.05) is 7.11 Å². The Balaban J connectivity index is 2.36. The smallest absolute Gasteiger partial charge is 0.407 e. The Hall–Kier alpha value is -3.16. The van der Waals surface area contributed by atoms with Crippen LogP contribution in [0.1, 0.15) is 50.2 Å². The number of benzene rings is 1. The maximum absolute atomic E-state index is 12.0. The molecular formula is C23H33N3O5. The molecule has 0 fully saturated rings. The van der Waals surface area contributed by atoms with Crippen molar-refractivity contribution < 1.29 is 23.8 Å². The van der Waals surface area contributed by atoms with Gasteiger partial charge in [0.25, 0.3) is 0 Å². The number of hydrogen-bond acceptors (Lipinski definition) is 5. The second-order valence-electron chi connectivity index (χ2n) is 7.91. The van der Waals surface area contributed by atoms with E-state index in [4.69, 9.17) is 14.2 Å². The average Bonchev–Trinajstić information content (AvgIpc) is 2.93. The van der Waals surface area contributed by atoms with Crippen molar-refractivity contribution in [3.05, 3.63) is 46.8 Å². The van der Waals surface area contributed by atoms with E-state index >= 15 is 0 Å². The molecule has 0 aliphatic heterocycles. The molecule has 2 N–H and O–H groups in total. The minimum absolute atomic E-state index is 0.0261. The zero-order valence-electron chi connectivity index (χ0n) is 19.4. The highest BCUT2D eigenvalue weighted by molar-refractivity contribution is 5.68. The standard InChI is InChI=1S/C23H33N3O5/c1-14(2)24-22(27)30-12-20-16(5)26(18-8-10-19(29-7)11-9-18)17(6)21(20)13-31-23(28)25-15(3)4/h8-11,14-15H,12-13H2,1-7H3,(H,24,27)(H,25,28). The molecule has 0 saturated carbocycles. The maximum Gasteiger partial charge on any atom is 0.407 e. The van der Waals surface area contributed by atoms with E-state index in [2.05, 4.69) is 15.2 Å². The Morgan fingerprint density at radius 3 is 1.61 bits per heavy atom. The van der Waals surface area contributed by atoms with Crippen molar-refractivity contribution in [1.29, 1.82) is 0 Å². The SMILES string of the molecule is COc1ccc(-n2c(C)c(COC(=O)NC(C)C)c(COC(=O)NC(C)C)c2C)cc1. The Bertz CT molecular complexity index is 851. The lowest BCUT2D eigenvalue weighted by molar-refractivity contribution is 0.129. The molecule has 31 heavy (non-hydrogen) atoms. The maximum atomic E-state index is 12.0. The largest absolute Gasteiger partial charge is 0.497 e. The van der Waals surface area contributed by atoms with Gasteiger partial charge >= 0.3 is 12.2 Å². The van der Waals surface area contributed by atoms with Crippen LogP contribution in [0.5, 0.6) is 5.75 Å². The molecule has 0 aliphatic rings. The van der Waals surface area contributed by atoms with Crippen LogP contribution < -0.4 is 15.4 Å². The summed E-state index contributed by atoms with van der Waals surface area (Å²) in [5.74, 6) is 0.758. The van der Waals surface area contributed by atoms with Crippen LogP contribution in [0.25, 0.3) is 5.69 Å². The van der Waals surface area contributed by atoms with Crippen LogP contribution in [0, 0.1) is 13.8 Å². The second-order valence-corrected chi connectivity index (χ2v) is 7.91. The summed E-state index contributed by atoms with van der Waals surface area (Å²) in [4.78, 5) is 24.0. The molecule has 0 saturated heterocycles. The second kappa shape index (κ2) is 10.7. The van der Waals surface area contributed by atoms with Crippen molar-refractivity contribution >= 4 is 12.2 Å². The van der Waals surface area contributed by atoms with Crippen LogP contribution in [0.4, 0.5) is 9.59 Å². The normalized spacial score (nSPS) is 10.9. The van der Waals surface area contributed by atoms with Gasteiger partial charge in [0.15, 0.2) is 0 Å². The Kier molecular flexibility index (Phi) is 8.36. The molecule has 1 aromatic heterocycles. The van der Waals surface area contributed by atoms with E-state index in [-0.39, 0.29) is 25.3 Å². The Morgan fingerprint density at radius 1 is 0.839 bits per heavy atom. The van der Waals surface area contributed by atoms with Crippen LogP contribution in [0.3, 0.4) is 0 Å². The number of methoxy groups -OCH3 is 1. The first kappa shape index (κ1) is 24.1. The summed E-state index contributed by atoms with van der Waals surface area (Å²) in [6.45, 7) is 11.5. The number of carbonyl (C=O) groups is 2. The molecular weight excluding hydrogens is 398 g/mol. The molecule has 0 bridgehead atoms. The lowest BCUT2D eigenvalue weighted by atomic mass is 10.1. The average molecular weight is 432 g/mol. The van der Waals surface area contributed by atoms with Gasteiger partial charge in [0, 0.05) is 40.3 Å². The minimum atomic E-state index is -0.492. The van der Waals surface area contributed by atoms with E-state index in [0.717, 1.165) is 34.0 Å². The van der Waals surface area contributed by atoms with Crippen molar-refractivity contribution in [3.63, 3.8) is 0 Å². The van der Waals surface area contributed by atoms with Crippen LogP contribution in [-0.2, 0) is 22.7 Å². The predicted molar refractivity (Wildman–Crippen MR) is 119 cm³/mol. The first-order valence-electron chi connectivity index (χ1n) is 10.3. The fourth-order valence-electron chi connectivity index (χ4n) is 3.29. The topological polar surface area (TPSA) is 90.8 Å². The van der Waals surface area contributed by atoms with Gasteiger partial charge in [-0.2, -0.15) is 0 Å². The van der Waals surface area contributed by atoms with Crippen LogP contribution in [-0.4, -0.2) is 35.9 Å². The lowest BCUT2D eigenvalue weighted by Gasteiger charge is -2.12. The van der Waals surface area contributed by atoms with Gasteiger partial charge < -0.3 is 29.4 Å². The zero-order chi connectivity index (χ0) is 23.1.